The van der Waals surface area contributed by atoms with Crippen molar-refractivity contribution in [2.24, 2.45) is 0 Å². The Morgan fingerprint density at radius 3 is 0.750 bits per heavy atom. The van der Waals surface area contributed by atoms with Gasteiger partial charge in [0.1, 0.15) is 0 Å². The molecule has 0 spiro atoms. The van der Waals surface area contributed by atoms with Crippen LogP contribution in [0.5, 0.6) is 0 Å². The van der Waals surface area contributed by atoms with E-state index >= 15 is 0 Å². The summed E-state index contributed by atoms with van der Waals surface area (Å²) in [6.07, 6.45) is 0. The zero-order valence-electron chi connectivity index (χ0n) is 1.89. The smallest absolute Gasteiger partial charge is 0.870 e. The Kier molecular flexibility index (Phi) is 1430. The van der Waals surface area contributed by atoms with Crippen molar-refractivity contribution in [1.29, 1.82) is 0 Å². The first-order chi connectivity index (χ1) is 0. The van der Waals surface area contributed by atoms with E-state index < -0.39 is 0 Å². The average molecular weight is 262 g/mol. The van der Waals surface area contributed by atoms with Crippen LogP contribution in [0.25, 0.3) is 0 Å². The minimum absolute atomic E-state index is 0. The standard InChI is InChI=1S/Bi.3H2O/h;3*1H2/q+3;;;/p-1. The van der Waals surface area contributed by atoms with Gasteiger partial charge in [0.15, 0.2) is 0 Å². The molecule has 0 aliphatic carbocycles. The molecule has 0 saturated carbocycles. The molecule has 0 heterocycles. The summed E-state index contributed by atoms with van der Waals surface area (Å²) in [7, 11) is 0. The quantitative estimate of drug-likeness (QED) is 0.455. The summed E-state index contributed by atoms with van der Waals surface area (Å²) in [4.78, 5) is 0. The van der Waals surface area contributed by atoms with E-state index in [1.54, 1.807) is 0 Å². The number of hydrogen-bond acceptors (Lipinski definition) is 1. The van der Waals surface area contributed by atoms with Gasteiger partial charge >= 0.3 is 26.2 Å². The van der Waals surface area contributed by atoms with Gasteiger partial charge in [-0.25, -0.2) is 0 Å². The Morgan fingerprint density at radius 2 is 0.750 bits per heavy atom. The van der Waals surface area contributed by atoms with Gasteiger partial charge in [-0.3, -0.25) is 0 Å². The molecule has 0 atom stereocenters. The van der Waals surface area contributed by atoms with E-state index in [1.807, 2.05) is 0 Å². The second-order valence-electron chi connectivity index (χ2n) is 0. The zero-order valence-corrected chi connectivity index (χ0v) is 5.37. The van der Waals surface area contributed by atoms with Crippen molar-refractivity contribution in [3.63, 3.8) is 0 Å². The van der Waals surface area contributed by atoms with Crippen molar-refractivity contribution >= 4 is 26.2 Å². The van der Waals surface area contributed by atoms with Crippen LogP contribution < -0.4 is 0 Å². The summed E-state index contributed by atoms with van der Waals surface area (Å²) >= 11 is 0. The number of hydrogen-bond donors (Lipinski definition) is 0. The molecular weight excluding hydrogens is 257 g/mol. The van der Waals surface area contributed by atoms with E-state index in [1.165, 1.54) is 0 Å². The van der Waals surface area contributed by atoms with Gasteiger partial charge in [-0.15, -0.1) is 0 Å². The summed E-state index contributed by atoms with van der Waals surface area (Å²) in [5.74, 6) is 0. The van der Waals surface area contributed by atoms with Crippen LogP contribution >= 0.6 is 0 Å². The predicted octanol–water partition coefficient (Wildman–Crippen LogP) is -2.21. The third-order valence-electron chi connectivity index (χ3n) is 0. The molecule has 0 fully saturated rings. The molecule has 4 heteroatoms. The molecule has 0 aromatic heterocycles. The van der Waals surface area contributed by atoms with Crippen molar-refractivity contribution in [2.75, 3.05) is 0 Å². The molecule has 26 valence electrons. The predicted molar refractivity (Wildman–Crippen MR) is 14.9 cm³/mol. The van der Waals surface area contributed by atoms with Crippen molar-refractivity contribution in [2.45, 2.75) is 0 Å². The summed E-state index contributed by atoms with van der Waals surface area (Å²) < 4.78 is 0. The zero-order chi connectivity index (χ0) is 0. The third-order valence-corrected chi connectivity index (χ3v) is 0. The Balaban J connectivity index is 0. The Morgan fingerprint density at radius 1 is 0.750 bits per heavy atom. The molecule has 4 heavy (non-hydrogen) atoms. The van der Waals surface area contributed by atoms with Crippen LogP contribution in [0.3, 0.4) is 0 Å². The fourth-order valence-corrected chi connectivity index (χ4v) is 0. The second kappa shape index (κ2) is 49.3. The Labute approximate surface area is 43.1 Å². The average Bonchev–Trinajstić information content (AvgIpc) is 0. The molecule has 3 nitrogen and oxygen atoms in total. The molecule has 0 aromatic rings. The van der Waals surface area contributed by atoms with Gasteiger partial charge in [-0.2, -0.15) is 0 Å². The summed E-state index contributed by atoms with van der Waals surface area (Å²) in [6.45, 7) is 0. The monoisotopic (exact) mass is 262 g/mol. The molecule has 0 amide bonds. The maximum atomic E-state index is 0. The molecule has 0 aliphatic heterocycles. The van der Waals surface area contributed by atoms with Crippen molar-refractivity contribution in [3.8, 4) is 0 Å². The van der Waals surface area contributed by atoms with E-state index in [0.29, 0.717) is 0 Å². The summed E-state index contributed by atoms with van der Waals surface area (Å²) in [6, 6.07) is 0. The van der Waals surface area contributed by atoms with Gasteiger partial charge in [0.2, 0.25) is 0 Å². The van der Waals surface area contributed by atoms with Crippen LogP contribution in [0.15, 0.2) is 0 Å². The minimum atomic E-state index is 0. The van der Waals surface area contributed by atoms with E-state index in [0.717, 1.165) is 0 Å². The first-order valence-corrected chi connectivity index (χ1v) is 0. The largest absolute Gasteiger partial charge is 3.00 e. The van der Waals surface area contributed by atoms with Crippen molar-refractivity contribution in [3.05, 3.63) is 0 Å². The van der Waals surface area contributed by atoms with Gasteiger partial charge in [0, 0.05) is 0 Å². The van der Waals surface area contributed by atoms with Gasteiger partial charge < -0.3 is 16.4 Å². The van der Waals surface area contributed by atoms with Crippen LogP contribution in [0.1, 0.15) is 0 Å². The van der Waals surface area contributed by atoms with Crippen LogP contribution in [0, 0.1) is 0 Å². The maximum Gasteiger partial charge on any atom is 3.00 e. The SMILES string of the molecule is O.O.[Bi+3].[OH-]. The molecule has 0 rings (SSSR count). The second-order valence-corrected chi connectivity index (χ2v) is 0. The van der Waals surface area contributed by atoms with E-state index in [9.17, 15) is 0 Å². The fraction of sp³-hybridized carbons (Fsp3) is 0. The van der Waals surface area contributed by atoms with Crippen LogP contribution in [0.2, 0.25) is 0 Å². The van der Waals surface area contributed by atoms with Crippen LogP contribution in [-0.4, -0.2) is 42.6 Å². The molecule has 0 bridgehead atoms. The minimum Gasteiger partial charge on any atom is -0.870 e. The Bertz CT molecular complexity index is 3.25. The van der Waals surface area contributed by atoms with Gasteiger partial charge in [0.05, 0.1) is 0 Å². The van der Waals surface area contributed by atoms with E-state index in [-0.39, 0.29) is 42.6 Å². The number of rotatable bonds is 0. The van der Waals surface area contributed by atoms with Gasteiger partial charge in [-0.05, 0) is 0 Å². The van der Waals surface area contributed by atoms with Gasteiger partial charge in [0.25, 0.3) is 0 Å². The molecule has 0 saturated heterocycles. The normalized spacial score (nSPS) is 0. The van der Waals surface area contributed by atoms with Crippen molar-refractivity contribution < 1.29 is 16.4 Å². The third kappa shape index (κ3) is 14.7. The van der Waals surface area contributed by atoms with Crippen molar-refractivity contribution in [1.82, 2.24) is 0 Å². The van der Waals surface area contributed by atoms with Crippen LogP contribution in [-0.2, 0) is 0 Å². The molecule has 0 aliphatic rings. The Hall–Kier alpha value is 0.763. The molecule has 2 radical (unpaired) electrons. The molecule has 5 N–H and O–H groups in total. The summed E-state index contributed by atoms with van der Waals surface area (Å²) in [5.41, 5.74) is 0. The summed E-state index contributed by atoms with van der Waals surface area (Å²) in [5, 5.41) is 0. The first kappa shape index (κ1) is 116. The first-order valence-electron chi connectivity index (χ1n) is 0. The fourth-order valence-electron chi connectivity index (χ4n) is 0. The molecule has 0 unspecified atom stereocenters. The van der Waals surface area contributed by atoms with E-state index in [4.69, 9.17) is 0 Å². The van der Waals surface area contributed by atoms with Gasteiger partial charge in [-0.1, -0.05) is 0 Å². The molecular formula is H5BiO3+2. The van der Waals surface area contributed by atoms with Crippen LogP contribution in [0.4, 0.5) is 0 Å². The molecule has 0 aromatic carbocycles. The van der Waals surface area contributed by atoms with E-state index in [2.05, 4.69) is 0 Å². The topological polar surface area (TPSA) is 93.0 Å². The maximum absolute atomic E-state index is 0.